The number of H-pyrrole nitrogens is 1. The maximum atomic E-state index is 13.5. The van der Waals surface area contributed by atoms with E-state index < -0.39 is 0 Å². The van der Waals surface area contributed by atoms with Crippen LogP contribution in [0.1, 0.15) is 18.7 Å². The van der Waals surface area contributed by atoms with Crippen molar-refractivity contribution in [3.63, 3.8) is 0 Å². The third-order valence-corrected chi connectivity index (χ3v) is 3.58. The van der Waals surface area contributed by atoms with Crippen LogP contribution in [0.15, 0.2) is 18.2 Å². The Morgan fingerprint density at radius 3 is 3.17 bits per heavy atom. The third-order valence-electron chi connectivity index (χ3n) is 3.58. The number of fused-ring (bicyclic) bond motifs is 1. The first kappa shape index (κ1) is 11.6. The molecule has 2 heterocycles. The molecule has 18 heavy (non-hydrogen) atoms. The number of imidazole rings is 1. The number of aliphatic hydroxyl groups excluding tert-OH is 1. The fourth-order valence-electron chi connectivity index (χ4n) is 2.63. The van der Waals surface area contributed by atoms with Gasteiger partial charge < -0.3 is 10.1 Å². The third kappa shape index (κ3) is 2.00. The van der Waals surface area contributed by atoms with E-state index >= 15 is 0 Å². The van der Waals surface area contributed by atoms with Crippen molar-refractivity contribution < 1.29 is 9.50 Å². The number of aromatic amines is 1. The van der Waals surface area contributed by atoms with Crippen molar-refractivity contribution in [2.45, 2.75) is 25.4 Å². The van der Waals surface area contributed by atoms with Crippen molar-refractivity contribution in [1.29, 1.82) is 0 Å². The molecule has 5 heteroatoms. The minimum Gasteiger partial charge on any atom is -0.395 e. The predicted octanol–water partition coefficient (Wildman–Crippen LogP) is 1.66. The van der Waals surface area contributed by atoms with Gasteiger partial charge in [-0.3, -0.25) is 4.90 Å². The van der Waals surface area contributed by atoms with Crippen molar-refractivity contribution in [1.82, 2.24) is 14.9 Å². The van der Waals surface area contributed by atoms with Gasteiger partial charge in [-0.05, 0) is 31.5 Å². The van der Waals surface area contributed by atoms with Gasteiger partial charge in [0.25, 0.3) is 0 Å². The molecular formula is C13H16FN3O. The van der Waals surface area contributed by atoms with Crippen LogP contribution in [0.25, 0.3) is 11.0 Å². The molecule has 2 aromatic rings. The van der Waals surface area contributed by atoms with E-state index in [2.05, 4.69) is 14.9 Å². The molecule has 1 aromatic heterocycles. The van der Waals surface area contributed by atoms with Crippen LogP contribution < -0.4 is 0 Å². The van der Waals surface area contributed by atoms with Crippen molar-refractivity contribution in [2.24, 2.45) is 0 Å². The maximum Gasteiger partial charge on any atom is 0.151 e. The van der Waals surface area contributed by atoms with Crippen LogP contribution in [0.3, 0.4) is 0 Å². The normalized spacial score (nSPS) is 20.9. The zero-order valence-electron chi connectivity index (χ0n) is 10.1. The summed E-state index contributed by atoms with van der Waals surface area (Å²) in [7, 11) is 0. The highest BCUT2D eigenvalue weighted by atomic mass is 19.1. The van der Waals surface area contributed by atoms with Crippen molar-refractivity contribution in [3.05, 3.63) is 29.8 Å². The molecule has 0 spiro atoms. The standard InChI is InChI=1S/C13H16FN3O/c14-10-4-1-5-11-13(10)16-12(15-11)7-17-6-2-3-9(17)8-18/h1,4-5,9,18H,2-3,6-8H2,(H,15,16). The Kier molecular flexibility index (Phi) is 3.01. The van der Waals surface area contributed by atoms with Crippen LogP contribution >= 0.6 is 0 Å². The van der Waals surface area contributed by atoms with E-state index in [1.54, 1.807) is 6.07 Å². The van der Waals surface area contributed by atoms with Gasteiger partial charge >= 0.3 is 0 Å². The average Bonchev–Trinajstić information content (AvgIpc) is 2.96. The Bertz CT molecular complexity index is 554. The number of hydrogen-bond donors (Lipinski definition) is 2. The van der Waals surface area contributed by atoms with Gasteiger partial charge in [0.15, 0.2) is 5.82 Å². The molecule has 3 rings (SSSR count). The van der Waals surface area contributed by atoms with Crippen LogP contribution in [0.5, 0.6) is 0 Å². The Morgan fingerprint density at radius 2 is 2.39 bits per heavy atom. The number of rotatable bonds is 3. The Balaban J connectivity index is 1.84. The van der Waals surface area contributed by atoms with Gasteiger partial charge in [-0.1, -0.05) is 6.07 Å². The predicted molar refractivity (Wildman–Crippen MR) is 66.6 cm³/mol. The van der Waals surface area contributed by atoms with Gasteiger partial charge in [-0.2, -0.15) is 0 Å². The zero-order valence-corrected chi connectivity index (χ0v) is 10.1. The van der Waals surface area contributed by atoms with Gasteiger partial charge in [0, 0.05) is 6.04 Å². The number of para-hydroxylation sites is 1. The molecule has 1 saturated heterocycles. The van der Waals surface area contributed by atoms with E-state index in [0.29, 0.717) is 12.1 Å². The van der Waals surface area contributed by atoms with Crippen LogP contribution in [0, 0.1) is 5.82 Å². The SMILES string of the molecule is OCC1CCCN1Cc1nc2c(F)cccc2[nH]1. The van der Waals surface area contributed by atoms with E-state index in [4.69, 9.17) is 0 Å². The van der Waals surface area contributed by atoms with Crippen LogP contribution in [-0.4, -0.2) is 39.2 Å². The van der Waals surface area contributed by atoms with Crippen LogP contribution in [-0.2, 0) is 6.54 Å². The Labute approximate surface area is 104 Å². The summed E-state index contributed by atoms with van der Waals surface area (Å²) in [5.74, 6) is 0.464. The van der Waals surface area contributed by atoms with Gasteiger partial charge in [0.2, 0.25) is 0 Å². The van der Waals surface area contributed by atoms with E-state index in [9.17, 15) is 9.50 Å². The molecule has 1 atom stereocenters. The number of aromatic nitrogens is 2. The molecular weight excluding hydrogens is 233 g/mol. The topological polar surface area (TPSA) is 52.1 Å². The largest absolute Gasteiger partial charge is 0.395 e. The van der Waals surface area contributed by atoms with Crippen molar-refractivity contribution >= 4 is 11.0 Å². The zero-order chi connectivity index (χ0) is 12.5. The highest BCUT2D eigenvalue weighted by Crippen LogP contribution is 2.20. The summed E-state index contributed by atoms with van der Waals surface area (Å²) < 4.78 is 13.5. The Morgan fingerprint density at radius 1 is 1.50 bits per heavy atom. The lowest BCUT2D eigenvalue weighted by molar-refractivity contribution is 0.151. The van der Waals surface area contributed by atoms with Gasteiger partial charge in [0.05, 0.1) is 18.7 Å². The van der Waals surface area contributed by atoms with Crippen LogP contribution in [0.2, 0.25) is 0 Å². The molecule has 96 valence electrons. The number of nitrogens with one attached hydrogen (secondary N) is 1. The molecule has 0 aliphatic carbocycles. The number of aliphatic hydroxyl groups is 1. The van der Waals surface area contributed by atoms with Crippen molar-refractivity contribution in [2.75, 3.05) is 13.2 Å². The number of likely N-dealkylation sites (tertiary alicyclic amines) is 1. The first-order chi connectivity index (χ1) is 8.78. The number of nitrogens with zero attached hydrogens (tertiary/aromatic N) is 2. The summed E-state index contributed by atoms with van der Waals surface area (Å²) in [5, 5.41) is 9.27. The summed E-state index contributed by atoms with van der Waals surface area (Å²) in [5.41, 5.74) is 1.12. The van der Waals surface area contributed by atoms with Gasteiger partial charge in [-0.25, -0.2) is 9.37 Å². The van der Waals surface area contributed by atoms with E-state index in [-0.39, 0.29) is 18.5 Å². The smallest absolute Gasteiger partial charge is 0.151 e. The monoisotopic (exact) mass is 249 g/mol. The lowest BCUT2D eigenvalue weighted by Crippen LogP contribution is -2.31. The second-order valence-electron chi connectivity index (χ2n) is 4.77. The summed E-state index contributed by atoms with van der Waals surface area (Å²) in [6.45, 7) is 1.78. The molecule has 1 aromatic carbocycles. The second-order valence-corrected chi connectivity index (χ2v) is 4.77. The Hall–Kier alpha value is -1.46. The van der Waals surface area contributed by atoms with Gasteiger partial charge in [-0.15, -0.1) is 0 Å². The maximum absolute atomic E-state index is 13.5. The molecule has 0 saturated carbocycles. The first-order valence-corrected chi connectivity index (χ1v) is 6.26. The molecule has 1 aliphatic heterocycles. The fourth-order valence-corrected chi connectivity index (χ4v) is 2.63. The number of halogens is 1. The molecule has 4 nitrogen and oxygen atoms in total. The van der Waals surface area contributed by atoms with E-state index in [1.807, 2.05) is 6.07 Å². The molecule has 2 N–H and O–H groups in total. The molecule has 0 radical (unpaired) electrons. The number of benzene rings is 1. The average molecular weight is 249 g/mol. The molecule has 1 unspecified atom stereocenters. The van der Waals surface area contributed by atoms with E-state index in [0.717, 1.165) is 30.7 Å². The summed E-state index contributed by atoms with van der Waals surface area (Å²) >= 11 is 0. The quantitative estimate of drug-likeness (QED) is 0.869. The van der Waals surface area contributed by atoms with E-state index in [1.165, 1.54) is 6.07 Å². The number of hydrogen-bond acceptors (Lipinski definition) is 3. The minimum atomic E-state index is -0.296. The first-order valence-electron chi connectivity index (χ1n) is 6.26. The highest BCUT2D eigenvalue weighted by Gasteiger charge is 2.24. The van der Waals surface area contributed by atoms with Crippen LogP contribution in [0.4, 0.5) is 4.39 Å². The second kappa shape index (κ2) is 4.66. The molecule has 1 aliphatic rings. The summed E-state index contributed by atoms with van der Waals surface area (Å²) in [6, 6.07) is 5.12. The summed E-state index contributed by atoms with van der Waals surface area (Å²) in [6.07, 6.45) is 2.12. The lowest BCUT2D eigenvalue weighted by atomic mass is 10.2. The van der Waals surface area contributed by atoms with Gasteiger partial charge in [0.1, 0.15) is 11.3 Å². The molecule has 0 amide bonds. The minimum absolute atomic E-state index is 0.175. The van der Waals surface area contributed by atoms with Crippen molar-refractivity contribution in [3.8, 4) is 0 Å². The molecule has 1 fully saturated rings. The summed E-state index contributed by atoms with van der Waals surface area (Å²) in [4.78, 5) is 9.61. The highest BCUT2D eigenvalue weighted by molar-refractivity contribution is 5.75. The lowest BCUT2D eigenvalue weighted by Gasteiger charge is -2.21. The fraction of sp³-hybridized carbons (Fsp3) is 0.462. The molecule has 0 bridgehead atoms.